The molecule has 2 N–H and O–H groups in total. The highest BCUT2D eigenvalue weighted by Gasteiger charge is 2.34. The molecule has 0 aliphatic carbocycles. The lowest BCUT2D eigenvalue weighted by Gasteiger charge is -2.18. The zero-order chi connectivity index (χ0) is 14.3. The van der Waals surface area contributed by atoms with Crippen LogP contribution in [0.5, 0.6) is 0 Å². The second-order valence-electron chi connectivity index (χ2n) is 4.78. The minimum Gasteiger partial charge on any atom is -0.370 e. The average molecular weight is 290 g/mol. The van der Waals surface area contributed by atoms with Crippen molar-refractivity contribution >= 4 is 32.4 Å². The van der Waals surface area contributed by atoms with Crippen molar-refractivity contribution in [1.82, 2.24) is 0 Å². The SMILES string of the molecule is NC(=O)CCCN1c2cccc3cccc(c23)S1(=O)=O. The van der Waals surface area contributed by atoms with Crippen LogP contribution in [-0.4, -0.2) is 20.9 Å². The molecule has 0 atom stereocenters. The molecular formula is C14H14N2O3S. The number of primary amides is 1. The van der Waals surface area contributed by atoms with Gasteiger partial charge in [0.05, 0.1) is 10.6 Å². The van der Waals surface area contributed by atoms with Crippen molar-refractivity contribution in [2.45, 2.75) is 17.7 Å². The first kappa shape index (κ1) is 12.9. The van der Waals surface area contributed by atoms with Crippen LogP contribution >= 0.6 is 0 Å². The number of sulfonamides is 1. The van der Waals surface area contributed by atoms with Gasteiger partial charge in [-0.1, -0.05) is 24.3 Å². The number of amides is 1. The molecule has 0 saturated carbocycles. The molecule has 0 saturated heterocycles. The molecule has 104 valence electrons. The Morgan fingerprint density at radius 3 is 2.55 bits per heavy atom. The second-order valence-corrected chi connectivity index (χ2v) is 6.61. The highest BCUT2D eigenvalue weighted by molar-refractivity contribution is 7.93. The van der Waals surface area contributed by atoms with Gasteiger partial charge in [0.25, 0.3) is 10.0 Å². The van der Waals surface area contributed by atoms with Crippen LogP contribution in [-0.2, 0) is 14.8 Å². The lowest BCUT2D eigenvalue weighted by Crippen LogP contribution is -2.29. The summed E-state index contributed by atoms with van der Waals surface area (Å²) in [4.78, 5) is 11.1. The first-order valence-electron chi connectivity index (χ1n) is 6.34. The van der Waals surface area contributed by atoms with Crippen LogP contribution in [0.4, 0.5) is 5.69 Å². The summed E-state index contributed by atoms with van der Waals surface area (Å²) < 4.78 is 26.5. The number of carbonyl (C=O) groups excluding carboxylic acids is 1. The number of carbonyl (C=O) groups is 1. The maximum atomic E-state index is 12.6. The first-order valence-corrected chi connectivity index (χ1v) is 7.78. The zero-order valence-electron chi connectivity index (χ0n) is 10.7. The van der Waals surface area contributed by atoms with Crippen molar-refractivity contribution in [2.75, 3.05) is 10.8 Å². The van der Waals surface area contributed by atoms with Gasteiger partial charge < -0.3 is 5.73 Å². The van der Waals surface area contributed by atoms with Crippen LogP contribution in [0.25, 0.3) is 10.8 Å². The van der Waals surface area contributed by atoms with E-state index in [0.717, 1.165) is 10.8 Å². The largest absolute Gasteiger partial charge is 0.370 e. The van der Waals surface area contributed by atoms with Gasteiger partial charge in [0, 0.05) is 18.4 Å². The summed E-state index contributed by atoms with van der Waals surface area (Å²) in [5.74, 6) is -0.419. The van der Waals surface area contributed by atoms with Gasteiger partial charge in [0.2, 0.25) is 5.91 Å². The quantitative estimate of drug-likeness (QED) is 0.929. The maximum Gasteiger partial charge on any atom is 0.265 e. The number of anilines is 1. The molecule has 0 bridgehead atoms. The average Bonchev–Trinajstić information content (AvgIpc) is 2.62. The molecule has 1 aliphatic rings. The molecule has 1 heterocycles. The smallest absolute Gasteiger partial charge is 0.265 e. The van der Waals surface area contributed by atoms with Crippen molar-refractivity contribution in [3.8, 4) is 0 Å². The van der Waals surface area contributed by atoms with Gasteiger partial charge in [0.1, 0.15) is 0 Å². The molecule has 5 nitrogen and oxygen atoms in total. The third kappa shape index (κ3) is 1.84. The Bertz CT molecular complexity index is 794. The lowest BCUT2D eigenvalue weighted by atomic mass is 10.1. The van der Waals surface area contributed by atoms with Gasteiger partial charge in [-0.05, 0) is 23.9 Å². The fraction of sp³-hybridized carbons (Fsp3) is 0.214. The molecule has 3 rings (SSSR count). The molecule has 0 fully saturated rings. The molecule has 2 aromatic carbocycles. The summed E-state index contributed by atoms with van der Waals surface area (Å²) in [6.07, 6.45) is 0.595. The van der Waals surface area contributed by atoms with Gasteiger partial charge in [0.15, 0.2) is 0 Å². The van der Waals surface area contributed by atoms with E-state index in [4.69, 9.17) is 5.73 Å². The van der Waals surface area contributed by atoms with Crippen LogP contribution in [0.3, 0.4) is 0 Å². The summed E-state index contributed by atoms with van der Waals surface area (Å²) >= 11 is 0. The van der Waals surface area contributed by atoms with Gasteiger partial charge >= 0.3 is 0 Å². The molecule has 0 spiro atoms. The van der Waals surface area contributed by atoms with Crippen LogP contribution in [0.15, 0.2) is 41.3 Å². The molecule has 20 heavy (non-hydrogen) atoms. The first-order chi connectivity index (χ1) is 9.51. The Hall–Kier alpha value is -2.08. The minimum absolute atomic E-state index is 0.179. The molecule has 1 amide bonds. The summed E-state index contributed by atoms with van der Waals surface area (Å²) in [6.45, 7) is 0.263. The fourth-order valence-corrected chi connectivity index (χ4v) is 4.34. The van der Waals surface area contributed by atoms with Crippen molar-refractivity contribution in [1.29, 1.82) is 0 Å². The van der Waals surface area contributed by atoms with Gasteiger partial charge in [-0.15, -0.1) is 0 Å². The van der Waals surface area contributed by atoms with Crippen molar-refractivity contribution < 1.29 is 13.2 Å². The van der Waals surface area contributed by atoms with E-state index in [1.807, 2.05) is 18.2 Å². The molecule has 0 radical (unpaired) electrons. The van der Waals surface area contributed by atoms with E-state index in [1.54, 1.807) is 18.2 Å². The molecule has 6 heteroatoms. The van der Waals surface area contributed by atoms with E-state index in [0.29, 0.717) is 17.0 Å². The predicted octanol–water partition coefficient (Wildman–Crippen LogP) is 1.61. The number of rotatable bonds is 4. The summed E-state index contributed by atoms with van der Waals surface area (Å²) in [5.41, 5.74) is 5.78. The Labute approximate surface area is 117 Å². The van der Waals surface area contributed by atoms with E-state index in [-0.39, 0.29) is 13.0 Å². The van der Waals surface area contributed by atoms with Gasteiger partial charge in [-0.2, -0.15) is 0 Å². The number of hydrogen-bond donors (Lipinski definition) is 1. The van der Waals surface area contributed by atoms with Crippen LogP contribution in [0, 0.1) is 0 Å². The second kappa shape index (κ2) is 4.49. The fourth-order valence-electron chi connectivity index (χ4n) is 2.60. The number of benzene rings is 2. The summed E-state index contributed by atoms with van der Waals surface area (Å²) in [6, 6.07) is 10.8. The third-order valence-corrected chi connectivity index (χ3v) is 5.32. The van der Waals surface area contributed by atoms with Crippen LogP contribution in [0.1, 0.15) is 12.8 Å². The Balaban J connectivity index is 2.07. The van der Waals surface area contributed by atoms with E-state index < -0.39 is 15.9 Å². The normalized spacial score (nSPS) is 15.7. The van der Waals surface area contributed by atoms with Gasteiger partial charge in [-0.3, -0.25) is 9.10 Å². The summed E-state index contributed by atoms with van der Waals surface area (Å²) in [7, 11) is -3.52. The number of hydrogen-bond acceptors (Lipinski definition) is 3. The highest BCUT2D eigenvalue weighted by atomic mass is 32.2. The number of nitrogens with two attached hydrogens (primary N) is 1. The molecule has 0 aromatic heterocycles. The molecular weight excluding hydrogens is 276 g/mol. The van der Waals surface area contributed by atoms with E-state index in [9.17, 15) is 13.2 Å². The Morgan fingerprint density at radius 2 is 1.85 bits per heavy atom. The van der Waals surface area contributed by atoms with E-state index in [2.05, 4.69) is 0 Å². The lowest BCUT2D eigenvalue weighted by molar-refractivity contribution is -0.118. The predicted molar refractivity (Wildman–Crippen MR) is 76.9 cm³/mol. The molecule has 1 aliphatic heterocycles. The zero-order valence-corrected chi connectivity index (χ0v) is 11.6. The van der Waals surface area contributed by atoms with Crippen LogP contribution in [0.2, 0.25) is 0 Å². The Morgan fingerprint density at radius 1 is 1.15 bits per heavy atom. The van der Waals surface area contributed by atoms with E-state index >= 15 is 0 Å². The van der Waals surface area contributed by atoms with Crippen molar-refractivity contribution in [3.05, 3.63) is 36.4 Å². The monoisotopic (exact) mass is 290 g/mol. The topological polar surface area (TPSA) is 80.5 Å². The third-order valence-electron chi connectivity index (χ3n) is 3.47. The maximum absolute atomic E-state index is 12.6. The standard InChI is InChI=1S/C14H14N2O3S/c15-13(17)8-3-9-16-11-6-1-4-10-5-2-7-12(14(10)11)20(16,18)19/h1-2,4-7H,3,8-9H2,(H2,15,17). The van der Waals surface area contributed by atoms with Crippen molar-refractivity contribution in [2.24, 2.45) is 5.73 Å². The van der Waals surface area contributed by atoms with Gasteiger partial charge in [-0.25, -0.2) is 8.42 Å². The van der Waals surface area contributed by atoms with Crippen molar-refractivity contribution in [3.63, 3.8) is 0 Å². The molecule has 0 unspecified atom stereocenters. The highest BCUT2D eigenvalue weighted by Crippen LogP contribution is 2.41. The minimum atomic E-state index is -3.52. The number of nitrogens with zero attached hydrogens (tertiary/aromatic N) is 1. The molecule has 2 aromatic rings. The van der Waals surface area contributed by atoms with E-state index in [1.165, 1.54) is 4.31 Å². The summed E-state index contributed by atoms with van der Waals surface area (Å²) in [5, 5.41) is 1.66. The van der Waals surface area contributed by atoms with Crippen LogP contribution < -0.4 is 10.0 Å². The Kier molecular flexibility index (Phi) is 2.90.